The summed E-state index contributed by atoms with van der Waals surface area (Å²) in [5, 5.41) is 10.3. The number of hydrogen-bond acceptors (Lipinski definition) is 8. The van der Waals surface area contributed by atoms with Crippen LogP contribution < -0.4 is 24.3 Å². The summed E-state index contributed by atoms with van der Waals surface area (Å²) in [5.74, 6) is -0.431. The number of alkyl halides is 3. The fourth-order valence-corrected chi connectivity index (χ4v) is 4.49. The topological polar surface area (TPSA) is 124 Å². The molecule has 246 valence electrons. The Morgan fingerprint density at radius 1 is 0.867 bits per heavy atom. The van der Waals surface area contributed by atoms with Crippen LogP contribution in [0.3, 0.4) is 0 Å². The average molecular weight is 637 g/mol. The Kier molecular flexibility index (Phi) is 13.9. The van der Waals surface area contributed by atoms with Crippen LogP contribution in [-0.2, 0) is 14.4 Å². The molecule has 1 fully saturated rings. The fourth-order valence-electron chi connectivity index (χ4n) is 4.49. The maximum atomic E-state index is 13.6. The number of nitrogens with zero attached hydrogens (tertiary/aromatic N) is 1. The van der Waals surface area contributed by atoms with Crippen molar-refractivity contribution in [3.05, 3.63) is 58.7 Å². The highest BCUT2D eigenvalue weighted by Gasteiger charge is 2.38. The van der Waals surface area contributed by atoms with E-state index in [4.69, 9.17) is 28.8 Å². The molecule has 13 heteroatoms. The first-order valence-corrected chi connectivity index (χ1v) is 13.9. The molecule has 0 aromatic heterocycles. The molecule has 0 radical (unpaired) electrons. The van der Waals surface area contributed by atoms with E-state index < -0.39 is 12.1 Å². The molecule has 1 amide bonds. The molecule has 3 rings (SSSR count). The first kappa shape index (κ1) is 36.7. The second-order valence-electron chi connectivity index (χ2n) is 10.3. The van der Waals surface area contributed by atoms with E-state index in [0.29, 0.717) is 53.4 Å². The summed E-state index contributed by atoms with van der Waals surface area (Å²) < 4.78 is 53.3. The van der Waals surface area contributed by atoms with Crippen molar-refractivity contribution in [2.45, 2.75) is 37.9 Å². The summed E-state index contributed by atoms with van der Waals surface area (Å²) in [5.41, 5.74) is 2.87. The van der Waals surface area contributed by atoms with Crippen LogP contribution in [0.2, 0.25) is 0 Å². The Balaban J connectivity index is 0.000000900. The van der Waals surface area contributed by atoms with Gasteiger partial charge in [0.1, 0.15) is 0 Å². The number of carbonyl (C=O) groups excluding carboxylic acids is 2. The summed E-state index contributed by atoms with van der Waals surface area (Å²) in [7, 11) is 10.3. The molecular weight excluding hydrogens is 597 g/mol. The van der Waals surface area contributed by atoms with E-state index in [2.05, 4.69) is 10.2 Å². The maximum Gasteiger partial charge on any atom is 0.490 e. The number of rotatable bonds is 11. The van der Waals surface area contributed by atoms with Crippen LogP contribution in [0.1, 0.15) is 36.8 Å². The van der Waals surface area contributed by atoms with Crippen molar-refractivity contribution in [2.75, 3.05) is 49.1 Å². The lowest BCUT2D eigenvalue weighted by Crippen LogP contribution is -2.39. The second-order valence-corrected chi connectivity index (χ2v) is 10.3. The number of halogens is 3. The zero-order valence-electron chi connectivity index (χ0n) is 26.1. The molecule has 0 heterocycles. The van der Waals surface area contributed by atoms with Crippen molar-refractivity contribution >= 4 is 29.8 Å². The second kappa shape index (κ2) is 17.1. The summed E-state index contributed by atoms with van der Waals surface area (Å²) in [4.78, 5) is 37.3. The van der Waals surface area contributed by atoms with Gasteiger partial charge in [0.2, 0.25) is 5.91 Å². The van der Waals surface area contributed by atoms with Crippen LogP contribution in [0.25, 0.3) is 12.2 Å². The van der Waals surface area contributed by atoms with Crippen LogP contribution in [0.15, 0.2) is 47.5 Å². The van der Waals surface area contributed by atoms with Crippen LogP contribution in [0, 0.1) is 0 Å². The molecule has 0 unspecified atom stereocenters. The molecule has 0 saturated heterocycles. The lowest BCUT2D eigenvalue weighted by Gasteiger charge is -2.27. The number of carboxylic acids is 1. The van der Waals surface area contributed by atoms with Crippen molar-refractivity contribution < 1.29 is 51.6 Å². The van der Waals surface area contributed by atoms with Gasteiger partial charge < -0.3 is 34.3 Å². The third kappa shape index (κ3) is 11.5. The highest BCUT2D eigenvalue weighted by molar-refractivity contribution is 6.14. The molecule has 1 aliphatic rings. The van der Waals surface area contributed by atoms with Crippen LogP contribution >= 0.6 is 0 Å². The van der Waals surface area contributed by atoms with Gasteiger partial charge in [-0.3, -0.25) is 9.59 Å². The third-order valence-electron chi connectivity index (χ3n) is 6.63. The molecule has 1 saturated carbocycles. The minimum atomic E-state index is -5.08. The molecular formula is C32H39F3N2O8. The van der Waals surface area contributed by atoms with Gasteiger partial charge in [0.15, 0.2) is 28.8 Å². The summed E-state index contributed by atoms with van der Waals surface area (Å²) >= 11 is 0. The lowest BCUT2D eigenvalue weighted by molar-refractivity contribution is -0.192. The maximum absolute atomic E-state index is 13.6. The number of Topliss-reactive ketones (excluding diaryl/α,β-unsaturated/α-hetero) is 1. The zero-order chi connectivity index (χ0) is 33.7. The predicted molar refractivity (Wildman–Crippen MR) is 163 cm³/mol. The van der Waals surface area contributed by atoms with Crippen LogP contribution in [-0.4, -0.2) is 89.0 Å². The summed E-state index contributed by atoms with van der Waals surface area (Å²) in [6.45, 7) is 0.839. The van der Waals surface area contributed by atoms with E-state index in [1.54, 1.807) is 28.4 Å². The number of carboxylic acid groups (broad SMARTS) is 1. The zero-order valence-corrected chi connectivity index (χ0v) is 26.1. The smallest absolute Gasteiger partial charge is 0.490 e. The SMILES string of the molecule is COc1ccc(/C=C2\CC(NC(=O)CCCN(C)C)C/C(=C\c3ccc(OC)c(OC)c3)C2=O)cc1OC.O=C(O)C(F)(F)F. The fraction of sp³-hybridized carbons (Fsp3) is 0.406. The minimum Gasteiger partial charge on any atom is -0.493 e. The van der Waals surface area contributed by atoms with Gasteiger partial charge in [-0.15, -0.1) is 0 Å². The molecule has 0 bridgehead atoms. The largest absolute Gasteiger partial charge is 0.493 e. The average Bonchev–Trinajstić information content (AvgIpc) is 2.98. The molecule has 0 spiro atoms. The standard InChI is InChI=1S/C30H38N2O6.C2HF3O2/c1-32(2)13-7-8-29(33)31-24-18-22(14-20-9-11-25(35-3)27(16-20)37-5)30(34)23(19-24)15-21-10-12-26(36-4)28(17-21)38-6;3-2(4,5)1(6)7/h9-12,14-17,24H,7-8,13,18-19H2,1-6H3,(H,31,33);(H,6,7)/b22-14+,23-15+;. The van der Waals surface area contributed by atoms with Gasteiger partial charge in [0, 0.05) is 23.6 Å². The molecule has 45 heavy (non-hydrogen) atoms. The molecule has 2 aromatic carbocycles. The molecule has 0 aliphatic heterocycles. The number of nitrogens with one attached hydrogen (secondary N) is 1. The lowest BCUT2D eigenvalue weighted by atomic mass is 9.83. The third-order valence-corrected chi connectivity index (χ3v) is 6.63. The molecule has 2 aromatic rings. The van der Waals surface area contributed by atoms with Gasteiger partial charge in [0.05, 0.1) is 28.4 Å². The number of aliphatic carboxylic acids is 1. The summed E-state index contributed by atoms with van der Waals surface area (Å²) in [6.07, 6.45) is 0.721. The highest BCUT2D eigenvalue weighted by atomic mass is 19.4. The number of amides is 1. The number of methoxy groups -OCH3 is 4. The number of ketones is 1. The Morgan fingerprint density at radius 2 is 1.29 bits per heavy atom. The molecule has 1 aliphatic carbocycles. The van der Waals surface area contributed by atoms with E-state index in [9.17, 15) is 22.8 Å². The molecule has 0 atom stereocenters. The van der Waals surface area contributed by atoms with E-state index >= 15 is 0 Å². The normalized spacial score (nSPS) is 16.6. The molecule has 2 N–H and O–H groups in total. The Hall–Kier alpha value is -4.52. The number of benzene rings is 2. The van der Waals surface area contributed by atoms with E-state index in [1.807, 2.05) is 62.6 Å². The first-order valence-electron chi connectivity index (χ1n) is 13.9. The van der Waals surface area contributed by atoms with Crippen LogP contribution in [0.5, 0.6) is 23.0 Å². The highest BCUT2D eigenvalue weighted by Crippen LogP contribution is 2.33. The van der Waals surface area contributed by atoms with Gasteiger partial charge in [-0.1, -0.05) is 12.1 Å². The Morgan fingerprint density at radius 3 is 1.64 bits per heavy atom. The molecule has 10 nitrogen and oxygen atoms in total. The number of carbonyl (C=O) groups is 3. The van der Waals surface area contributed by atoms with E-state index in [0.717, 1.165) is 24.1 Å². The van der Waals surface area contributed by atoms with Gasteiger partial charge in [-0.25, -0.2) is 4.79 Å². The van der Waals surface area contributed by atoms with Gasteiger partial charge in [0.25, 0.3) is 0 Å². The van der Waals surface area contributed by atoms with Crippen LogP contribution in [0.4, 0.5) is 13.2 Å². The van der Waals surface area contributed by atoms with Crippen molar-refractivity contribution in [3.8, 4) is 23.0 Å². The van der Waals surface area contributed by atoms with Crippen molar-refractivity contribution in [2.24, 2.45) is 0 Å². The first-order chi connectivity index (χ1) is 21.2. The number of ether oxygens (including phenoxy) is 4. The number of hydrogen-bond donors (Lipinski definition) is 2. The van der Waals surface area contributed by atoms with Crippen molar-refractivity contribution in [1.29, 1.82) is 0 Å². The summed E-state index contributed by atoms with van der Waals surface area (Å²) in [6, 6.07) is 10.8. The predicted octanol–water partition coefficient (Wildman–Crippen LogP) is 5.01. The van der Waals surface area contributed by atoms with E-state index in [1.165, 1.54) is 0 Å². The Bertz CT molecular complexity index is 1330. The van der Waals surface area contributed by atoms with Crippen molar-refractivity contribution in [1.82, 2.24) is 10.2 Å². The van der Waals surface area contributed by atoms with E-state index in [-0.39, 0.29) is 17.7 Å². The Labute approximate surface area is 260 Å². The van der Waals surface area contributed by atoms with Gasteiger partial charge in [-0.05, 0) is 87.4 Å². The monoisotopic (exact) mass is 636 g/mol. The minimum absolute atomic E-state index is 0.0119. The quantitative estimate of drug-likeness (QED) is 0.328. The van der Waals surface area contributed by atoms with Gasteiger partial charge >= 0.3 is 12.1 Å². The van der Waals surface area contributed by atoms with Gasteiger partial charge in [-0.2, -0.15) is 13.2 Å². The van der Waals surface area contributed by atoms with Crippen molar-refractivity contribution in [3.63, 3.8) is 0 Å².